The second kappa shape index (κ2) is 45.6. The van der Waals surface area contributed by atoms with Crippen LogP contribution in [0.2, 0.25) is 0 Å². The Labute approximate surface area is 440 Å². The Morgan fingerprint density at radius 3 is 1.40 bits per heavy atom. The monoisotopic (exact) mass is 1030 g/mol. The number of aliphatic hydroxyl groups is 7. The van der Waals surface area contributed by atoms with Gasteiger partial charge in [-0.15, -0.1) is 0 Å². The Morgan fingerprint density at radius 1 is 0.466 bits per heavy atom. The standard InChI is InChI=1S/C59H102O14/c1-3-5-7-9-11-13-15-17-19-20-21-22-23-24-25-26-27-29-31-33-35-37-39-41-43-68-45-48(71-51(61)42-40-38-36-34-32-30-28-18-16-14-12-10-8-6-4-2)46-69-58-57(67)55(65)53(63)50(73-58)47-70-59-56(66)54(64)52(62)49(44-60)72-59/h6,8,12,14-15,17-18,20-21,28,32,34,48-50,52-60,62-67H,3-5,7,9-11,13,16,19,22-27,29-31,33,35-47H2,1-2H3/b8-6-,14-12-,17-15-,21-20-,28-18-,34-32-. The van der Waals surface area contributed by atoms with E-state index in [0.717, 1.165) is 64.2 Å². The van der Waals surface area contributed by atoms with Gasteiger partial charge in [-0.2, -0.15) is 0 Å². The largest absolute Gasteiger partial charge is 0.457 e. The summed E-state index contributed by atoms with van der Waals surface area (Å²) in [6.45, 7) is 3.50. The van der Waals surface area contributed by atoms with Gasteiger partial charge in [0.1, 0.15) is 54.9 Å². The second-order valence-corrected chi connectivity index (χ2v) is 19.7. The van der Waals surface area contributed by atoms with E-state index in [1.807, 2.05) is 0 Å². The van der Waals surface area contributed by atoms with Crippen molar-refractivity contribution in [1.82, 2.24) is 0 Å². The minimum absolute atomic E-state index is 0.0407. The minimum Gasteiger partial charge on any atom is -0.457 e. The lowest BCUT2D eigenvalue weighted by Gasteiger charge is -2.42. The molecule has 0 bridgehead atoms. The van der Waals surface area contributed by atoms with Gasteiger partial charge in [0.05, 0.1) is 26.4 Å². The van der Waals surface area contributed by atoms with Gasteiger partial charge < -0.3 is 64.2 Å². The highest BCUT2D eigenvalue weighted by molar-refractivity contribution is 5.69. The van der Waals surface area contributed by atoms with Gasteiger partial charge in [-0.3, -0.25) is 4.79 Å². The molecule has 2 fully saturated rings. The van der Waals surface area contributed by atoms with Gasteiger partial charge in [-0.25, -0.2) is 0 Å². The molecule has 2 heterocycles. The molecule has 2 aliphatic heterocycles. The van der Waals surface area contributed by atoms with Gasteiger partial charge in [-0.1, -0.05) is 177 Å². The van der Waals surface area contributed by atoms with Crippen molar-refractivity contribution in [3.05, 3.63) is 72.9 Å². The van der Waals surface area contributed by atoms with Crippen molar-refractivity contribution in [3.8, 4) is 0 Å². The van der Waals surface area contributed by atoms with Crippen LogP contribution in [0.15, 0.2) is 72.9 Å². The summed E-state index contributed by atoms with van der Waals surface area (Å²) in [7, 11) is 0. The summed E-state index contributed by atoms with van der Waals surface area (Å²) in [5.74, 6) is -0.418. The van der Waals surface area contributed by atoms with Crippen LogP contribution in [0.4, 0.5) is 0 Å². The highest BCUT2D eigenvalue weighted by Gasteiger charge is 2.47. The molecule has 0 radical (unpaired) electrons. The second-order valence-electron chi connectivity index (χ2n) is 19.7. The maximum atomic E-state index is 13.0. The minimum atomic E-state index is -1.72. The third-order valence-corrected chi connectivity index (χ3v) is 13.2. The molecule has 14 heteroatoms. The number of rotatable bonds is 45. The number of esters is 1. The maximum Gasteiger partial charge on any atom is 0.306 e. The van der Waals surface area contributed by atoms with Gasteiger partial charge in [-0.05, 0) is 83.5 Å². The third-order valence-electron chi connectivity index (χ3n) is 13.2. The van der Waals surface area contributed by atoms with Crippen molar-refractivity contribution in [1.29, 1.82) is 0 Å². The number of allylic oxidation sites excluding steroid dienone is 12. The molecule has 11 unspecified atom stereocenters. The van der Waals surface area contributed by atoms with Crippen LogP contribution in [0.1, 0.15) is 194 Å². The average molecular weight is 1040 g/mol. The molecule has 0 aromatic heterocycles. The summed E-state index contributed by atoms with van der Waals surface area (Å²) < 4.78 is 34.3. The van der Waals surface area contributed by atoms with E-state index in [9.17, 15) is 40.5 Å². The topological polar surface area (TPSA) is 214 Å². The van der Waals surface area contributed by atoms with Crippen LogP contribution in [-0.2, 0) is 33.2 Å². The summed E-state index contributed by atoms with van der Waals surface area (Å²) >= 11 is 0. The van der Waals surface area contributed by atoms with Crippen LogP contribution >= 0.6 is 0 Å². The summed E-state index contributed by atoms with van der Waals surface area (Å²) in [4.78, 5) is 13.0. The Kier molecular flexibility index (Phi) is 41.6. The number of hydrogen-bond donors (Lipinski definition) is 7. The summed E-state index contributed by atoms with van der Waals surface area (Å²) in [5.41, 5.74) is 0. The Bertz CT molecular complexity index is 1480. The SMILES string of the molecule is CC/C=C\C/C=C\C/C=C\C/C=C\CCCCC(=O)OC(COCCCCCCCCCCCCCC/C=C\C/C=C\CCCCCCC)COC1OC(COC2OC(CO)C(O)C(O)C2O)C(O)C(O)C1O. The molecule has 0 aromatic rings. The first-order chi connectivity index (χ1) is 35.6. The Hall–Kier alpha value is -2.57. The summed E-state index contributed by atoms with van der Waals surface area (Å²) in [6, 6.07) is 0. The average Bonchev–Trinajstić information content (AvgIpc) is 3.39. The molecule has 0 amide bonds. The van der Waals surface area contributed by atoms with Crippen molar-refractivity contribution < 1.29 is 69.0 Å². The Balaban J connectivity index is 1.72. The zero-order valence-corrected chi connectivity index (χ0v) is 45.1. The van der Waals surface area contributed by atoms with Crippen molar-refractivity contribution in [2.75, 3.05) is 33.0 Å². The molecule has 2 rings (SSSR count). The first-order valence-corrected chi connectivity index (χ1v) is 28.5. The smallest absolute Gasteiger partial charge is 0.306 e. The lowest BCUT2D eigenvalue weighted by atomic mass is 9.98. The zero-order valence-electron chi connectivity index (χ0n) is 45.1. The zero-order chi connectivity index (χ0) is 53.0. The van der Waals surface area contributed by atoms with Crippen molar-refractivity contribution in [3.63, 3.8) is 0 Å². The molecule has 0 saturated carbocycles. The maximum absolute atomic E-state index is 13.0. The van der Waals surface area contributed by atoms with E-state index in [1.54, 1.807) is 0 Å². The van der Waals surface area contributed by atoms with Crippen LogP contribution in [0.5, 0.6) is 0 Å². The van der Waals surface area contributed by atoms with Gasteiger partial charge in [0.15, 0.2) is 12.6 Å². The fourth-order valence-corrected chi connectivity index (χ4v) is 8.60. The third kappa shape index (κ3) is 32.6. The van der Waals surface area contributed by atoms with E-state index >= 15 is 0 Å². The van der Waals surface area contributed by atoms with Crippen LogP contribution in [0, 0.1) is 0 Å². The molecule has 0 spiro atoms. The van der Waals surface area contributed by atoms with E-state index in [1.165, 1.54) is 103 Å². The van der Waals surface area contributed by atoms with Crippen LogP contribution in [0.25, 0.3) is 0 Å². The first-order valence-electron chi connectivity index (χ1n) is 28.5. The van der Waals surface area contributed by atoms with E-state index in [-0.39, 0.29) is 19.6 Å². The predicted octanol–water partition coefficient (Wildman–Crippen LogP) is 9.86. The van der Waals surface area contributed by atoms with Crippen molar-refractivity contribution in [2.24, 2.45) is 0 Å². The number of ether oxygens (including phenoxy) is 6. The molecule has 0 aromatic carbocycles. The fraction of sp³-hybridized carbons (Fsp3) is 0.780. The molecule has 2 aliphatic rings. The number of carbonyl (C=O) groups excluding carboxylic acids is 1. The molecular formula is C59H102O14. The lowest BCUT2D eigenvalue weighted by Crippen LogP contribution is -2.61. The number of hydrogen-bond acceptors (Lipinski definition) is 14. The normalized spacial score (nSPS) is 25.5. The van der Waals surface area contributed by atoms with Gasteiger partial charge in [0.25, 0.3) is 0 Å². The number of carbonyl (C=O) groups is 1. The summed E-state index contributed by atoms with van der Waals surface area (Å²) in [5, 5.41) is 72.3. The number of aliphatic hydroxyl groups excluding tert-OH is 7. The van der Waals surface area contributed by atoms with Gasteiger partial charge >= 0.3 is 5.97 Å². The molecule has 0 aliphatic carbocycles. The van der Waals surface area contributed by atoms with E-state index in [4.69, 9.17) is 28.4 Å². The van der Waals surface area contributed by atoms with Crippen LogP contribution in [0.3, 0.4) is 0 Å². The highest BCUT2D eigenvalue weighted by atomic mass is 16.7. The molecule has 73 heavy (non-hydrogen) atoms. The predicted molar refractivity (Wildman–Crippen MR) is 289 cm³/mol. The van der Waals surface area contributed by atoms with E-state index < -0.39 is 86.7 Å². The lowest BCUT2D eigenvalue weighted by molar-refractivity contribution is -0.332. The van der Waals surface area contributed by atoms with E-state index in [0.29, 0.717) is 13.0 Å². The first kappa shape index (κ1) is 66.5. The Morgan fingerprint density at radius 2 is 0.890 bits per heavy atom. The van der Waals surface area contributed by atoms with Gasteiger partial charge in [0.2, 0.25) is 0 Å². The fourth-order valence-electron chi connectivity index (χ4n) is 8.60. The molecule has 11 atom stereocenters. The highest BCUT2D eigenvalue weighted by Crippen LogP contribution is 2.26. The summed E-state index contributed by atoms with van der Waals surface area (Å²) in [6.07, 6.45) is 41.2. The molecule has 2 saturated heterocycles. The van der Waals surface area contributed by atoms with Crippen molar-refractivity contribution in [2.45, 2.75) is 261 Å². The molecular weight excluding hydrogens is 933 g/mol. The van der Waals surface area contributed by atoms with Crippen molar-refractivity contribution >= 4 is 5.97 Å². The number of unbranched alkanes of at least 4 members (excludes halogenated alkanes) is 19. The van der Waals surface area contributed by atoms with E-state index in [2.05, 4.69) is 86.8 Å². The van der Waals surface area contributed by atoms with Crippen LogP contribution in [-0.4, -0.2) is 142 Å². The van der Waals surface area contributed by atoms with Gasteiger partial charge in [0, 0.05) is 13.0 Å². The van der Waals surface area contributed by atoms with Crippen LogP contribution < -0.4 is 0 Å². The quantitative estimate of drug-likeness (QED) is 0.0172. The molecule has 422 valence electrons. The molecule has 7 N–H and O–H groups in total. The molecule has 14 nitrogen and oxygen atoms in total.